The molecule has 0 saturated heterocycles. The molecule has 30 heavy (non-hydrogen) atoms. The highest BCUT2D eigenvalue weighted by Crippen LogP contribution is 2.23. The number of ether oxygens (including phenoxy) is 2. The third-order valence-electron chi connectivity index (χ3n) is 4.30. The van der Waals surface area contributed by atoms with Crippen molar-refractivity contribution in [1.82, 2.24) is 4.57 Å². The summed E-state index contributed by atoms with van der Waals surface area (Å²) in [5.41, 5.74) is 1.22. The van der Waals surface area contributed by atoms with Crippen LogP contribution in [0.3, 0.4) is 0 Å². The van der Waals surface area contributed by atoms with Crippen LogP contribution in [-0.4, -0.2) is 24.2 Å². The van der Waals surface area contributed by atoms with E-state index >= 15 is 0 Å². The van der Waals surface area contributed by atoms with Crippen LogP contribution in [0.2, 0.25) is 0 Å². The van der Waals surface area contributed by atoms with Crippen LogP contribution in [0.1, 0.15) is 12.6 Å². The number of anilines is 1. The van der Waals surface area contributed by atoms with Gasteiger partial charge in [0.15, 0.2) is 5.75 Å². The van der Waals surface area contributed by atoms with Gasteiger partial charge >= 0.3 is 0 Å². The molecule has 1 heterocycles. The highest BCUT2D eigenvalue weighted by Gasteiger charge is 2.12. The Morgan fingerprint density at radius 2 is 1.83 bits per heavy atom. The van der Waals surface area contributed by atoms with Crippen molar-refractivity contribution >= 4 is 23.4 Å². The first kappa shape index (κ1) is 21.5. The molecule has 0 aliphatic heterocycles. The summed E-state index contributed by atoms with van der Waals surface area (Å²) in [6.07, 6.45) is 1.58. The fourth-order valence-corrected chi connectivity index (χ4v) is 3.76. The second-order valence-electron chi connectivity index (χ2n) is 6.43. The number of thioether (sulfide) groups is 1. The molecule has 1 amide bonds. The molecule has 0 unspecified atom stereocenters. The van der Waals surface area contributed by atoms with Crippen molar-refractivity contribution in [2.24, 2.45) is 0 Å². The maximum atomic E-state index is 12.6. The normalized spacial score (nSPS) is 10.5. The molecule has 0 atom stereocenters. The summed E-state index contributed by atoms with van der Waals surface area (Å²) in [6.45, 7) is 2.57. The Hall–Kier alpha value is -3.19. The minimum Gasteiger partial charge on any atom is -0.494 e. The van der Waals surface area contributed by atoms with E-state index in [9.17, 15) is 9.59 Å². The minimum absolute atomic E-state index is 0.0640. The first-order chi connectivity index (χ1) is 14.6. The molecule has 7 heteroatoms. The summed E-state index contributed by atoms with van der Waals surface area (Å²) in [7, 11) is 1.44. The molecule has 0 bridgehead atoms. The van der Waals surface area contributed by atoms with Gasteiger partial charge in [0.1, 0.15) is 12.3 Å². The lowest BCUT2D eigenvalue weighted by Gasteiger charge is -2.15. The molecule has 0 saturated carbocycles. The molecule has 0 aliphatic carbocycles. The number of nitrogens with zero attached hydrogens (tertiary/aromatic N) is 1. The second-order valence-corrected chi connectivity index (χ2v) is 7.48. The number of hydrogen-bond acceptors (Lipinski definition) is 5. The minimum atomic E-state index is -0.204. The quantitative estimate of drug-likeness (QED) is 0.522. The molecule has 1 N–H and O–H groups in total. The van der Waals surface area contributed by atoms with Crippen LogP contribution < -0.4 is 20.2 Å². The van der Waals surface area contributed by atoms with Gasteiger partial charge in [-0.25, -0.2) is 0 Å². The zero-order valence-electron chi connectivity index (χ0n) is 17.0. The van der Waals surface area contributed by atoms with E-state index < -0.39 is 0 Å². The molecule has 2 aromatic carbocycles. The number of carbonyl (C=O) groups is 1. The average molecular weight is 425 g/mol. The SMILES string of the molecule is CCOc1ccc(NC(=O)Cn2cc(OC)c(=O)cc2CSc2ccccc2)cc1. The van der Waals surface area contributed by atoms with Crippen LogP contribution in [0.15, 0.2) is 76.6 Å². The molecular formula is C23H24N2O4S. The number of aromatic nitrogens is 1. The Balaban J connectivity index is 1.73. The van der Waals surface area contributed by atoms with Crippen molar-refractivity contribution in [2.75, 3.05) is 19.0 Å². The lowest BCUT2D eigenvalue weighted by molar-refractivity contribution is -0.116. The van der Waals surface area contributed by atoms with Crippen molar-refractivity contribution < 1.29 is 14.3 Å². The monoisotopic (exact) mass is 424 g/mol. The molecule has 3 aromatic rings. The highest BCUT2D eigenvalue weighted by molar-refractivity contribution is 7.98. The summed E-state index contributed by atoms with van der Waals surface area (Å²) in [6, 6.07) is 18.6. The number of benzene rings is 2. The largest absolute Gasteiger partial charge is 0.494 e. The van der Waals surface area contributed by atoms with Crippen molar-refractivity contribution in [3.8, 4) is 11.5 Å². The summed E-state index contributed by atoms with van der Waals surface area (Å²) in [4.78, 5) is 25.9. The first-order valence-electron chi connectivity index (χ1n) is 9.57. The number of nitrogens with one attached hydrogen (secondary N) is 1. The van der Waals surface area contributed by atoms with E-state index in [4.69, 9.17) is 9.47 Å². The van der Waals surface area contributed by atoms with Crippen LogP contribution in [0.25, 0.3) is 0 Å². The number of hydrogen-bond donors (Lipinski definition) is 1. The number of rotatable bonds is 9. The summed E-state index contributed by atoms with van der Waals surface area (Å²) < 4.78 is 12.3. The van der Waals surface area contributed by atoms with Gasteiger partial charge in [-0.15, -0.1) is 11.8 Å². The topological polar surface area (TPSA) is 69.6 Å². The number of carbonyl (C=O) groups excluding carboxylic acids is 1. The van der Waals surface area contributed by atoms with E-state index in [-0.39, 0.29) is 23.6 Å². The van der Waals surface area contributed by atoms with Crippen molar-refractivity contribution in [2.45, 2.75) is 24.1 Å². The van der Waals surface area contributed by atoms with Gasteiger partial charge in [-0.05, 0) is 43.3 Å². The second kappa shape index (κ2) is 10.5. The van der Waals surface area contributed by atoms with Gasteiger partial charge in [0.25, 0.3) is 0 Å². The predicted molar refractivity (Wildman–Crippen MR) is 119 cm³/mol. The van der Waals surface area contributed by atoms with Gasteiger partial charge in [-0.1, -0.05) is 18.2 Å². The lowest BCUT2D eigenvalue weighted by Crippen LogP contribution is -2.22. The van der Waals surface area contributed by atoms with Gasteiger partial charge in [-0.3, -0.25) is 9.59 Å². The van der Waals surface area contributed by atoms with Crippen molar-refractivity contribution in [3.63, 3.8) is 0 Å². The van der Waals surface area contributed by atoms with E-state index in [1.807, 2.05) is 49.4 Å². The first-order valence-corrected chi connectivity index (χ1v) is 10.6. The summed E-state index contributed by atoms with van der Waals surface area (Å²) >= 11 is 1.60. The molecular weight excluding hydrogens is 400 g/mol. The molecule has 0 aliphatic rings. The van der Waals surface area contributed by atoms with E-state index in [1.165, 1.54) is 13.2 Å². The lowest BCUT2D eigenvalue weighted by atomic mass is 10.3. The average Bonchev–Trinajstić information content (AvgIpc) is 2.76. The standard InChI is InChI=1S/C23H24N2O4S/c1-3-29-19-11-9-17(10-12-19)24-23(27)15-25-14-22(28-2)21(26)13-18(25)16-30-20-7-5-4-6-8-20/h4-14H,3,15-16H2,1-2H3,(H,24,27). The molecule has 6 nitrogen and oxygen atoms in total. The smallest absolute Gasteiger partial charge is 0.244 e. The molecule has 3 rings (SSSR count). The van der Waals surface area contributed by atoms with E-state index in [1.54, 1.807) is 34.7 Å². The zero-order chi connectivity index (χ0) is 21.3. The van der Waals surface area contributed by atoms with E-state index in [0.29, 0.717) is 18.0 Å². The molecule has 0 fully saturated rings. The fourth-order valence-electron chi connectivity index (χ4n) is 2.85. The highest BCUT2D eigenvalue weighted by atomic mass is 32.2. The Morgan fingerprint density at radius 3 is 2.50 bits per heavy atom. The molecule has 0 spiro atoms. The van der Waals surface area contributed by atoms with Gasteiger partial charge in [0.05, 0.1) is 19.9 Å². The molecule has 156 valence electrons. The third kappa shape index (κ3) is 5.90. The van der Waals surface area contributed by atoms with Crippen LogP contribution >= 0.6 is 11.8 Å². The van der Waals surface area contributed by atoms with E-state index in [0.717, 1.165) is 16.3 Å². The van der Waals surface area contributed by atoms with Gasteiger partial charge in [-0.2, -0.15) is 0 Å². The van der Waals surface area contributed by atoms with Crippen molar-refractivity contribution in [1.29, 1.82) is 0 Å². The Labute approximate surface area is 179 Å². The number of amides is 1. The summed E-state index contributed by atoms with van der Waals surface area (Å²) in [5, 5.41) is 2.87. The number of pyridine rings is 1. The van der Waals surface area contributed by atoms with E-state index in [2.05, 4.69) is 5.32 Å². The third-order valence-corrected chi connectivity index (χ3v) is 5.34. The Kier molecular flexibility index (Phi) is 7.57. The maximum Gasteiger partial charge on any atom is 0.244 e. The zero-order valence-corrected chi connectivity index (χ0v) is 17.8. The maximum absolute atomic E-state index is 12.6. The Bertz CT molecular complexity index is 1030. The van der Waals surface area contributed by atoms with Gasteiger partial charge in [0.2, 0.25) is 11.3 Å². The van der Waals surface area contributed by atoms with Crippen LogP contribution in [-0.2, 0) is 17.1 Å². The summed E-state index contributed by atoms with van der Waals surface area (Å²) in [5.74, 6) is 1.31. The Morgan fingerprint density at radius 1 is 1.10 bits per heavy atom. The molecule has 0 radical (unpaired) electrons. The fraction of sp³-hybridized carbons (Fsp3) is 0.217. The predicted octanol–water partition coefficient (Wildman–Crippen LogP) is 4.19. The van der Waals surface area contributed by atoms with Crippen LogP contribution in [0.5, 0.6) is 11.5 Å². The van der Waals surface area contributed by atoms with Crippen LogP contribution in [0, 0.1) is 0 Å². The number of methoxy groups -OCH3 is 1. The van der Waals surface area contributed by atoms with Gasteiger partial charge < -0.3 is 19.4 Å². The molecule has 1 aromatic heterocycles. The van der Waals surface area contributed by atoms with Crippen molar-refractivity contribution in [3.05, 3.63) is 82.8 Å². The van der Waals surface area contributed by atoms with Crippen LogP contribution in [0.4, 0.5) is 5.69 Å². The van der Waals surface area contributed by atoms with Gasteiger partial charge in [0, 0.05) is 28.1 Å².